The fraction of sp³-hybridized carbons (Fsp3) is 0.923. The molecule has 0 aromatic heterocycles. The number of hydrogen-bond donors (Lipinski definition) is 0. The lowest BCUT2D eigenvalue weighted by molar-refractivity contribution is 0.195. The Labute approximate surface area is 94.3 Å². The summed E-state index contributed by atoms with van der Waals surface area (Å²) < 4.78 is 0. The molecule has 1 aliphatic rings. The number of hydrogen-bond acceptors (Lipinski definition) is 2. The van der Waals surface area contributed by atoms with Crippen LogP contribution in [0, 0.1) is 22.8 Å². The molecule has 86 valence electrons. The van der Waals surface area contributed by atoms with Gasteiger partial charge in [0, 0.05) is 12.1 Å². The van der Waals surface area contributed by atoms with Crippen molar-refractivity contribution in [3.05, 3.63) is 0 Å². The Bertz CT molecular complexity index is 253. The first kappa shape index (κ1) is 12.4. The predicted molar refractivity (Wildman–Crippen MR) is 63.2 cm³/mol. The van der Waals surface area contributed by atoms with E-state index in [0.717, 1.165) is 19.4 Å². The molecule has 2 nitrogen and oxygen atoms in total. The van der Waals surface area contributed by atoms with Gasteiger partial charge >= 0.3 is 0 Å². The zero-order valence-electron chi connectivity index (χ0n) is 10.8. The number of rotatable bonds is 2. The van der Waals surface area contributed by atoms with Crippen molar-refractivity contribution >= 4 is 0 Å². The summed E-state index contributed by atoms with van der Waals surface area (Å²) in [7, 11) is 0. The van der Waals surface area contributed by atoms with Crippen LogP contribution in [0.5, 0.6) is 0 Å². The molecule has 1 rings (SSSR count). The third-order valence-electron chi connectivity index (χ3n) is 4.26. The molecule has 1 saturated heterocycles. The van der Waals surface area contributed by atoms with Crippen LogP contribution in [0.4, 0.5) is 0 Å². The van der Waals surface area contributed by atoms with Gasteiger partial charge in [-0.1, -0.05) is 34.6 Å². The van der Waals surface area contributed by atoms with E-state index in [2.05, 4.69) is 40.8 Å². The van der Waals surface area contributed by atoms with Crippen molar-refractivity contribution in [3.63, 3.8) is 0 Å². The van der Waals surface area contributed by atoms with Crippen LogP contribution in [0.1, 0.15) is 53.9 Å². The molecule has 15 heavy (non-hydrogen) atoms. The fourth-order valence-corrected chi connectivity index (χ4v) is 2.69. The highest BCUT2D eigenvalue weighted by Gasteiger charge is 2.46. The lowest BCUT2D eigenvalue weighted by atomic mass is 9.76. The molecule has 1 fully saturated rings. The minimum atomic E-state index is 0.146. The normalized spacial score (nSPS) is 25.3. The molecule has 1 heterocycles. The zero-order chi connectivity index (χ0) is 11.7. The van der Waals surface area contributed by atoms with Crippen LogP contribution in [0.15, 0.2) is 0 Å². The van der Waals surface area contributed by atoms with Crippen LogP contribution in [0.2, 0.25) is 0 Å². The van der Waals surface area contributed by atoms with Crippen molar-refractivity contribution in [1.29, 1.82) is 5.26 Å². The van der Waals surface area contributed by atoms with Gasteiger partial charge in [-0.05, 0) is 30.6 Å². The van der Waals surface area contributed by atoms with Gasteiger partial charge in [-0.25, -0.2) is 0 Å². The first-order chi connectivity index (χ1) is 6.89. The summed E-state index contributed by atoms with van der Waals surface area (Å²) in [4.78, 5) is 2.03. The molecule has 0 radical (unpaired) electrons. The van der Waals surface area contributed by atoms with E-state index < -0.39 is 0 Å². The lowest BCUT2D eigenvalue weighted by Gasteiger charge is -2.33. The van der Waals surface area contributed by atoms with Crippen molar-refractivity contribution in [2.24, 2.45) is 11.3 Å². The largest absolute Gasteiger partial charge is 0.304 e. The lowest BCUT2D eigenvalue weighted by Crippen LogP contribution is -2.39. The molecule has 0 aromatic carbocycles. The second kappa shape index (κ2) is 4.04. The summed E-state index contributed by atoms with van der Waals surface area (Å²) in [5.74, 6) is 0.650. The molecule has 0 aliphatic carbocycles. The van der Waals surface area contributed by atoms with E-state index >= 15 is 0 Å². The van der Waals surface area contributed by atoms with E-state index in [9.17, 15) is 5.26 Å². The molecule has 2 heteroatoms. The van der Waals surface area contributed by atoms with E-state index in [1.165, 1.54) is 6.42 Å². The fourth-order valence-electron chi connectivity index (χ4n) is 2.69. The maximum absolute atomic E-state index is 9.22. The maximum atomic E-state index is 9.22. The van der Waals surface area contributed by atoms with Crippen molar-refractivity contribution in [1.82, 2.24) is 4.90 Å². The van der Waals surface area contributed by atoms with Crippen LogP contribution in [-0.2, 0) is 0 Å². The third kappa shape index (κ3) is 2.12. The van der Waals surface area contributed by atoms with Gasteiger partial charge in [-0.15, -0.1) is 0 Å². The maximum Gasteiger partial charge on any atom is 0.179 e. The van der Waals surface area contributed by atoms with Crippen LogP contribution in [0.3, 0.4) is 0 Å². The standard InChI is InChI=1S/C13H24N2/c1-6-13(7-2)8-11(12(3,4)5)9-15(13)10-14/h11H,6-9H2,1-5H3. The minimum Gasteiger partial charge on any atom is -0.304 e. The average Bonchev–Trinajstić information content (AvgIpc) is 2.56. The van der Waals surface area contributed by atoms with E-state index in [-0.39, 0.29) is 5.54 Å². The van der Waals surface area contributed by atoms with Crippen molar-refractivity contribution in [2.45, 2.75) is 59.4 Å². The summed E-state index contributed by atoms with van der Waals surface area (Å²) in [5.41, 5.74) is 0.466. The van der Waals surface area contributed by atoms with E-state index in [4.69, 9.17) is 0 Å². The van der Waals surface area contributed by atoms with E-state index in [0.29, 0.717) is 11.3 Å². The second-order valence-electron chi connectivity index (χ2n) is 5.91. The van der Waals surface area contributed by atoms with Gasteiger partial charge in [-0.3, -0.25) is 0 Å². The minimum absolute atomic E-state index is 0.146. The Morgan fingerprint density at radius 2 is 1.87 bits per heavy atom. The summed E-state index contributed by atoms with van der Waals surface area (Å²) in [6.45, 7) is 12.2. The summed E-state index contributed by atoms with van der Waals surface area (Å²) in [6.07, 6.45) is 5.74. The molecular weight excluding hydrogens is 184 g/mol. The Balaban J connectivity index is 2.89. The Kier molecular flexibility index (Phi) is 3.33. The van der Waals surface area contributed by atoms with Crippen molar-refractivity contribution in [3.8, 4) is 6.19 Å². The van der Waals surface area contributed by atoms with Gasteiger partial charge in [0.25, 0.3) is 0 Å². The number of likely N-dealkylation sites (tertiary alicyclic amines) is 1. The second-order valence-corrected chi connectivity index (χ2v) is 5.91. The predicted octanol–water partition coefficient (Wildman–Crippen LogP) is 3.39. The highest BCUT2D eigenvalue weighted by molar-refractivity contribution is 5.04. The first-order valence-electron chi connectivity index (χ1n) is 6.07. The first-order valence-corrected chi connectivity index (χ1v) is 6.07. The molecule has 0 spiro atoms. The topological polar surface area (TPSA) is 27.0 Å². The molecule has 0 N–H and O–H groups in total. The molecule has 0 bridgehead atoms. The van der Waals surface area contributed by atoms with Gasteiger partial charge < -0.3 is 4.90 Å². The van der Waals surface area contributed by atoms with Gasteiger partial charge in [0.1, 0.15) is 0 Å². The highest BCUT2D eigenvalue weighted by Crippen LogP contribution is 2.44. The van der Waals surface area contributed by atoms with Crippen LogP contribution in [-0.4, -0.2) is 17.0 Å². The average molecular weight is 208 g/mol. The Morgan fingerprint density at radius 1 is 1.33 bits per heavy atom. The summed E-state index contributed by atoms with van der Waals surface area (Å²) in [5, 5.41) is 9.22. The van der Waals surface area contributed by atoms with Gasteiger partial charge in [0.2, 0.25) is 0 Å². The smallest absolute Gasteiger partial charge is 0.179 e. The highest BCUT2D eigenvalue weighted by atomic mass is 15.2. The molecule has 0 amide bonds. The molecule has 0 saturated carbocycles. The molecule has 1 aliphatic heterocycles. The van der Waals surface area contributed by atoms with Crippen molar-refractivity contribution < 1.29 is 0 Å². The number of nitriles is 1. The van der Waals surface area contributed by atoms with Gasteiger partial charge in [-0.2, -0.15) is 5.26 Å². The van der Waals surface area contributed by atoms with Gasteiger partial charge in [0.05, 0.1) is 0 Å². The molecule has 0 aromatic rings. The summed E-state index contributed by atoms with van der Waals surface area (Å²) in [6, 6.07) is 0. The van der Waals surface area contributed by atoms with Crippen LogP contribution < -0.4 is 0 Å². The Hall–Kier alpha value is -0.710. The van der Waals surface area contributed by atoms with E-state index in [1.807, 2.05) is 4.90 Å². The van der Waals surface area contributed by atoms with Gasteiger partial charge in [0.15, 0.2) is 6.19 Å². The quantitative estimate of drug-likeness (QED) is 0.650. The number of nitrogens with zero attached hydrogens (tertiary/aromatic N) is 2. The third-order valence-corrected chi connectivity index (χ3v) is 4.26. The molecular formula is C13H24N2. The Morgan fingerprint density at radius 3 is 2.13 bits per heavy atom. The zero-order valence-corrected chi connectivity index (χ0v) is 10.8. The molecule has 1 atom stereocenters. The van der Waals surface area contributed by atoms with Crippen LogP contribution in [0.25, 0.3) is 0 Å². The summed E-state index contributed by atoms with van der Waals surface area (Å²) >= 11 is 0. The van der Waals surface area contributed by atoms with Crippen molar-refractivity contribution in [2.75, 3.05) is 6.54 Å². The monoisotopic (exact) mass is 208 g/mol. The SMILES string of the molecule is CCC1(CC)CC(C(C)(C)C)CN1C#N. The molecule has 1 unspecified atom stereocenters. The van der Waals surface area contributed by atoms with Crippen LogP contribution >= 0.6 is 0 Å². The van der Waals surface area contributed by atoms with E-state index in [1.54, 1.807) is 0 Å².